The molecule has 26 heavy (non-hydrogen) atoms. The highest BCUT2D eigenvalue weighted by Crippen LogP contribution is 2.39. The van der Waals surface area contributed by atoms with E-state index in [-0.39, 0.29) is 21.9 Å². The summed E-state index contributed by atoms with van der Waals surface area (Å²) < 4.78 is 46.6. The SMILES string of the molecule is CC(=O)OCc1c(-n2ncc3cccc(F)c3c2=O)cccc1P(F)F. The first-order chi connectivity index (χ1) is 12.4. The molecule has 0 spiro atoms. The van der Waals surface area contributed by atoms with Gasteiger partial charge in [-0.15, -0.1) is 0 Å². The van der Waals surface area contributed by atoms with Crippen molar-refractivity contribution in [3.05, 3.63) is 64.3 Å². The molecule has 0 radical (unpaired) electrons. The Balaban J connectivity index is 2.27. The van der Waals surface area contributed by atoms with E-state index in [1.807, 2.05) is 0 Å². The number of esters is 1. The van der Waals surface area contributed by atoms with E-state index < -0.39 is 32.5 Å². The molecular formula is C17H12F3N2O3P. The molecule has 0 N–H and O–H groups in total. The summed E-state index contributed by atoms with van der Waals surface area (Å²) in [7, 11) is -3.51. The van der Waals surface area contributed by atoms with E-state index in [0.29, 0.717) is 5.39 Å². The summed E-state index contributed by atoms with van der Waals surface area (Å²) in [4.78, 5) is 23.8. The Morgan fingerprint density at radius 2 is 1.96 bits per heavy atom. The molecular weight excluding hydrogens is 368 g/mol. The molecule has 0 bridgehead atoms. The van der Waals surface area contributed by atoms with E-state index in [0.717, 1.165) is 17.7 Å². The van der Waals surface area contributed by atoms with Crippen LogP contribution in [-0.2, 0) is 16.1 Å². The van der Waals surface area contributed by atoms with Gasteiger partial charge >= 0.3 is 5.97 Å². The zero-order chi connectivity index (χ0) is 18.8. The van der Waals surface area contributed by atoms with E-state index in [1.165, 1.54) is 36.5 Å². The van der Waals surface area contributed by atoms with Crippen LogP contribution in [0.25, 0.3) is 16.5 Å². The summed E-state index contributed by atoms with van der Waals surface area (Å²) in [6.07, 6.45) is 1.27. The first kappa shape index (κ1) is 18.1. The van der Waals surface area contributed by atoms with Crippen molar-refractivity contribution in [1.82, 2.24) is 9.78 Å². The highest BCUT2D eigenvalue weighted by Gasteiger charge is 2.21. The average molecular weight is 380 g/mol. The summed E-state index contributed by atoms with van der Waals surface area (Å²) in [6, 6.07) is 8.02. The number of hydrogen-bond donors (Lipinski definition) is 0. The van der Waals surface area contributed by atoms with Crippen LogP contribution in [0.15, 0.2) is 47.4 Å². The molecule has 0 saturated heterocycles. The molecule has 5 nitrogen and oxygen atoms in total. The fourth-order valence-corrected chi connectivity index (χ4v) is 3.15. The second-order valence-corrected chi connectivity index (χ2v) is 6.30. The number of ether oxygens (including phenoxy) is 1. The van der Waals surface area contributed by atoms with Crippen LogP contribution in [0.3, 0.4) is 0 Å². The number of carbonyl (C=O) groups excluding carboxylic acids is 1. The lowest BCUT2D eigenvalue weighted by atomic mass is 10.1. The smallest absolute Gasteiger partial charge is 0.302 e. The molecule has 0 unspecified atom stereocenters. The van der Waals surface area contributed by atoms with Gasteiger partial charge in [-0.2, -0.15) is 18.2 Å². The van der Waals surface area contributed by atoms with Crippen molar-refractivity contribution in [1.29, 1.82) is 0 Å². The quantitative estimate of drug-likeness (QED) is 0.514. The van der Waals surface area contributed by atoms with Crippen LogP contribution in [0.4, 0.5) is 12.8 Å². The minimum Gasteiger partial charge on any atom is -0.461 e. The van der Waals surface area contributed by atoms with Gasteiger partial charge in [0.1, 0.15) is 12.4 Å². The van der Waals surface area contributed by atoms with Crippen molar-refractivity contribution >= 4 is 30.6 Å². The predicted octanol–water partition coefficient (Wildman–Crippen LogP) is 3.46. The van der Waals surface area contributed by atoms with Crippen LogP contribution in [0.5, 0.6) is 0 Å². The molecule has 1 aromatic heterocycles. The maximum absolute atomic E-state index is 14.1. The maximum Gasteiger partial charge on any atom is 0.302 e. The van der Waals surface area contributed by atoms with Crippen molar-refractivity contribution in [2.24, 2.45) is 0 Å². The van der Waals surface area contributed by atoms with Gasteiger partial charge in [0.05, 0.1) is 17.3 Å². The summed E-state index contributed by atoms with van der Waals surface area (Å²) in [5.41, 5.74) is -0.810. The normalized spacial score (nSPS) is 11.1. The molecule has 3 rings (SSSR count). The van der Waals surface area contributed by atoms with Gasteiger partial charge in [0.2, 0.25) is 0 Å². The van der Waals surface area contributed by atoms with Gasteiger partial charge in [-0.1, -0.05) is 18.2 Å². The fraction of sp³-hybridized carbons (Fsp3) is 0.118. The molecule has 0 fully saturated rings. The van der Waals surface area contributed by atoms with Crippen molar-refractivity contribution in [3.8, 4) is 5.69 Å². The molecule has 0 amide bonds. The van der Waals surface area contributed by atoms with Crippen LogP contribution in [0.1, 0.15) is 12.5 Å². The summed E-state index contributed by atoms with van der Waals surface area (Å²) in [5, 5.41) is 3.73. The Hall–Kier alpha value is -2.73. The summed E-state index contributed by atoms with van der Waals surface area (Å²) in [5.74, 6) is -1.39. The number of fused-ring (bicyclic) bond motifs is 1. The van der Waals surface area contributed by atoms with Crippen LogP contribution in [0, 0.1) is 5.82 Å². The molecule has 9 heteroatoms. The first-order valence-electron chi connectivity index (χ1n) is 7.44. The fourth-order valence-electron chi connectivity index (χ4n) is 2.57. The van der Waals surface area contributed by atoms with Crippen LogP contribution < -0.4 is 10.9 Å². The van der Waals surface area contributed by atoms with Gasteiger partial charge in [-0.25, -0.2) is 4.39 Å². The number of halogens is 3. The Morgan fingerprint density at radius 3 is 2.65 bits per heavy atom. The minimum absolute atomic E-state index is 0.0155. The zero-order valence-corrected chi connectivity index (χ0v) is 14.3. The molecule has 0 aliphatic carbocycles. The third kappa shape index (κ3) is 3.32. The Morgan fingerprint density at radius 1 is 1.23 bits per heavy atom. The van der Waals surface area contributed by atoms with Crippen molar-refractivity contribution in [2.45, 2.75) is 13.5 Å². The van der Waals surface area contributed by atoms with E-state index in [4.69, 9.17) is 4.74 Å². The second kappa shape index (κ2) is 7.25. The van der Waals surface area contributed by atoms with E-state index in [9.17, 15) is 22.4 Å². The van der Waals surface area contributed by atoms with Crippen LogP contribution in [-0.4, -0.2) is 15.7 Å². The Bertz CT molecular complexity index is 1050. The average Bonchev–Trinajstić information content (AvgIpc) is 2.60. The number of benzene rings is 2. The summed E-state index contributed by atoms with van der Waals surface area (Å²) in [6.45, 7) is 0.697. The number of rotatable bonds is 4. The van der Waals surface area contributed by atoms with Crippen LogP contribution in [0.2, 0.25) is 0 Å². The highest BCUT2D eigenvalue weighted by atomic mass is 31.2. The van der Waals surface area contributed by atoms with Gasteiger partial charge in [0.15, 0.2) is 0 Å². The van der Waals surface area contributed by atoms with Crippen molar-refractivity contribution in [3.63, 3.8) is 0 Å². The lowest BCUT2D eigenvalue weighted by Crippen LogP contribution is -2.25. The third-order valence-corrected chi connectivity index (χ3v) is 4.50. The molecule has 0 aliphatic heterocycles. The molecule has 2 aromatic carbocycles. The molecule has 3 aromatic rings. The monoisotopic (exact) mass is 380 g/mol. The largest absolute Gasteiger partial charge is 0.461 e. The molecule has 0 aliphatic rings. The number of aromatic nitrogens is 2. The number of nitrogens with zero attached hydrogens (tertiary/aromatic N) is 2. The van der Waals surface area contributed by atoms with Gasteiger partial charge < -0.3 is 4.74 Å². The highest BCUT2D eigenvalue weighted by molar-refractivity contribution is 7.55. The van der Waals surface area contributed by atoms with Crippen molar-refractivity contribution < 1.29 is 22.3 Å². The molecule has 1 heterocycles. The zero-order valence-electron chi connectivity index (χ0n) is 13.4. The van der Waals surface area contributed by atoms with Gasteiger partial charge in [-0.3, -0.25) is 9.59 Å². The van der Waals surface area contributed by atoms with Crippen LogP contribution >= 0.6 is 8.54 Å². The number of carbonyl (C=O) groups is 1. The molecule has 0 saturated carbocycles. The number of hydrogen-bond acceptors (Lipinski definition) is 4. The van der Waals surface area contributed by atoms with Gasteiger partial charge in [-0.05, 0) is 18.2 Å². The summed E-state index contributed by atoms with van der Waals surface area (Å²) >= 11 is 0. The standard InChI is InChI=1S/C17H12F3N2O3P/c1-10(23)25-9-12-14(6-3-7-15(12)26(19)20)22-17(24)16-11(8-21-22)4-2-5-13(16)18/h2-8H,9H2,1H3. The lowest BCUT2D eigenvalue weighted by Gasteiger charge is -2.15. The topological polar surface area (TPSA) is 61.2 Å². The van der Waals surface area contributed by atoms with E-state index in [2.05, 4.69) is 5.10 Å². The third-order valence-electron chi connectivity index (χ3n) is 3.72. The predicted molar refractivity (Wildman–Crippen MR) is 91.5 cm³/mol. The minimum atomic E-state index is -3.51. The lowest BCUT2D eigenvalue weighted by molar-refractivity contribution is -0.142. The second-order valence-electron chi connectivity index (χ2n) is 5.35. The first-order valence-corrected chi connectivity index (χ1v) is 8.56. The Labute approximate surface area is 147 Å². The Kier molecular flexibility index (Phi) is 5.04. The maximum atomic E-state index is 14.1. The van der Waals surface area contributed by atoms with E-state index >= 15 is 0 Å². The molecule has 0 atom stereocenters. The van der Waals surface area contributed by atoms with Crippen molar-refractivity contribution in [2.75, 3.05) is 0 Å². The van der Waals surface area contributed by atoms with Gasteiger partial charge in [0, 0.05) is 23.2 Å². The molecule has 134 valence electrons. The van der Waals surface area contributed by atoms with E-state index in [1.54, 1.807) is 0 Å². The van der Waals surface area contributed by atoms with Gasteiger partial charge in [0.25, 0.3) is 14.1 Å².